The fourth-order valence-corrected chi connectivity index (χ4v) is 2.38. The average molecular weight is 287 g/mol. The minimum atomic E-state index is 0.108. The number of benzene rings is 1. The summed E-state index contributed by atoms with van der Waals surface area (Å²) in [6.07, 6.45) is 2.58. The fraction of sp³-hybridized carbons (Fsp3) is 0.471. The van der Waals surface area contributed by atoms with Gasteiger partial charge in [0.15, 0.2) is 0 Å². The van der Waals surface area contributed by atoms with Gasteiger partial charge >= 0.3 is 0 Å². The number of rotatable bonds is 7. The second kappa shape index (κ2) is 7.27. The molecular weight excluding hydrogens is 262 g/mol. The van der Waals surface area contributed by atoms with Gasteiger partial charge in [-0.3, -0.25) is 4.79 Å². The largest absolute Gasteiger partial charge is 0.356 e. The molecule has 0 aliphatic carbocycles. The second-order valence-electron chi connectivity index (χ2n) is 5.64. The Kier molecular flexibility index (Phi) is 5.39. The Balaban J connectivity index is 2.04. The number of aryl methyl sites for hydroxylation is 1. The minimum absolute atomic E-state index is 0.108. The SMILES string of the molecule is CCNC(=O)CCn1ccc2cc(CNC(C)C)ccc21. The number of hydrogen-bond donors (Lipinski definition) is 2. The Bertz CT molecular complexity index is 601. The lowest BCUT2D eigenvalue weighted by Gasteiger charge is -2.09. The molecule has 21 heavy (non-hydrogen) atoms. The molecule has 4 heteroatoms. The van der Waals surface area contributed by atoms with Gasteiger partial charge in [-0.25, -0.2) is 0 Å². The molecule has 0 aliphatic rings. The molecule has 0 bridgehead atoms. The number of aromatic nitrogens is 1. The zero-order valence-corrected chi connectivity index (χ0v) is 13.1. The topological polar surface area (TPSA) is 46.1 Å². The molecule has 1 aromatic carbocycles. The van der Waals surface area contributed by atoms with Gasteiger partial charge in [-0.2, -0.15) is 0 Å². The molecule has 1 aromatic heterocycles. The molecule has 0 atom stereocenters. The van der Waals surface area contributed by atoms with Crippen LogP contribution in [0.3, 0.4) is 0 Å². The summed E-state index contributed by atoms with van der Waals surface area (Å²) >= 11 is 0. The summed E-state index contributed by atoms with van der Waals surface area (Å²) in [6.45, 7) is 8.54. The van der Waals surface area contributed by atoms with E-state index in [-0.39, 0.29) is 5.91 Å². The Hall–Kier alpha value is -1.81. The molecule has 2 aromatic rings. The summed E-state index contributed by atoms with van der Waals surface area (Å²) in [6, 6.07) is 9.12. The maximum atomic E-state index is 11.5. The standard InChI is InChI=1S/C17H25N3O/c1-4-18-17(21)8-10-20-9-7-15-11-14(5-6-16(15)20)12-19-13(2)3/h5-7,9,11,13,19H,4,8,10,12H2,1-3H3,(H,18,21). The smallest absolute Gasteiger partial charge is 0.221 e. The fourth-order valence-electron chi connectivity index (χ4n) is 2.38. The Morgan fingerprint density at radius 1 is 1.29 bits per heavy atom. The third-order valence-electron chi connectivity index (χ3n) is 3.50. The van der Waals surface area contributed by atoms with Crippen LogP contribution >= 0.6 is 0 Å². The molecule has 2 N–H and O–H groups in total. The first kappa shape index (κ1) is 15.6. The monoisotopic (exact) mass is 287 g/mol. The van der Waals surface area contributed by atoms with Gasteiger partial charge in [0.05, 0.1) is 0 Å². The molecule has 0 spiro atoms. The number of amides is 1. The molecule has 0 aliphatic heterocycles. The lowest BCUT2D eigenvalue weighted by molar-refractivity contribution is -0.121. The maximum absolute atomic E-state index is 11.5. The summed E-state index contributed by atoms with van der Waals surface area (Å²) in [5, 5.41) is 7.49. The molecule has 1 heterocycles. The van der Waals surface area contributed by atoms with Gasteiger partial charge in [0.1, 0.15) is 0 Å². The van der Waals surface area contributed by atoms with Crippen molar-refractivity contribution in [1.29, 1.82) is 0 Å². The molecule has 0 saturated heterocycles. The van der Waals surface area contributed by atoms with Gasteiger partial charge in [-0.1, -0.05) is 19.9 Å². The van der Waals surface area contributed by atoms with Gasteiger partial charge in [-0.05, 0) is 36.1 Å². The van der Waals surface area contributed by atoms with Gasteiger partial charge in [0.2, 0.25) is 5.91 Å². The van der Waals surface area contributed by atoms with Crippen molar-refractivity contribution in [2.45, 2.75) is 46.3 Å². The molecule has 114 valence electrons. The van der Waals surface area contributed by atoms with E-state index in [4.69, 9.17) is 0 Å². The van der Waals surface area contributed by atoms with E-state index in [2.05, 4.69) is 59.5 Å². The molecule has 0 radical (unpaired) electrons. The van der Waals surface area contributed by atoms with Gasteiger partial charge in [0.25, 0.3) is 0 Å². The van der Waals surface area contributed by atoms with Crippen molar-refractivity contribution in [2.75, 3.05) is 6.54 Å². The summed E-state index contributed by atoms with van der Waals surface area (Å²) in [4.78, 5) is 11.5. The molecule has 1 amide bonds. The number of carbonyl (C=O) groups is 1. The Labute approximate surface area is 126 Å². The van der Waals surface area contributed by atoms with Crippen LogP contribution in [0.5, 0.6) is 0 Å². The number of hydrogen-bond acceptors (Lipinski definition) is 2. The Morgan fingerprint density at radius 3 is 2.81 bits per heavy atom. The van der Waals surface area contributed by atoms with E-state index in [1.807, 2.05) is 6.92 Å². The van der Waals surface area contributed by atoms with Crippen molar-refractivity contribution in [3.8, 4) is 0 Å². The number of nitrogens with one attached hydrogen (secondary N) is 2. The second-order valence-corrected chi connectivity index (χ2v) is 5.64. The van der Waals surface area contributed by atoms with E-state index in [1.165, 1.54) is 16.5 Å². The predicted octanol–water partition coefficient (Wildman–Crippen LogP) is 2.67. The van der Waals surface area contributed by atoms with Gasteiger partial charge in [-0.15, -0.1) is 0 Å². The highest BCUT2D eigenvalue weighted by Crippen LogP contribution is 2.18. The van der Waals surface area contributed by atoms with Crippen LogP contribution in [-0.2, 0) is 17.9 Å². The van der Waals surface area contributed by atoms with Crippen LogP contribution < -0.4 is 10.6 Å². The van der Waals surface area contributed by atoms with Gasteiger partial charge in [0, 0.05) is 43.8 Å². The highest BCUT2D eigenvalue weighted by Gasteiger charge is 2.05. The third-order valence-corrected chi connectivity index (χ3v) is 3.50. The summed E-state index contributed by atoms with van der Waals surface area (Å²) in [5.74, 6) is 0.108. The molecule has 4 nitrogen and oxygen atoms in total. The van der Waals surface area contributed by atoms with Crippen molar-refractivity contribution in [2.24, 2.45) is 0 Å². The lowest BCUT2D eigenvalue weighted by atomic mass is 10.1. The van der Waals surface area contributed by atoms with E-state index in [0.29, 0.717) is 19.0 Å². The van der Waals surface area contributed by atoms with Crippen LogP contribution in [0.4, 0.5) is 0 Å². The van der Waals surface area contributed by atoms with Crippen LogP contribution in [-0.4, -0.2) is 23.1 Å². The molecule has 2 rings (SSSR count). The molecular formula is C17H25N3O. The first-order chi connectivity index (χ1) is 10.1. The van der Waals surface area contributed by atoms with Crippen LogP contribution in [0.2, 0.25) is 0 Å². The molecule has 0 fully saturated rings. The van der Waals surface area contributed by atoms with Crippen LogP contribution in [0, 0.1) is 0 Å². The van der Waals surface area contributed by atoms with Crippen LogP contribution in [0.15, 0.2) is 30.5 Å². The number of nitrogens with zero attached hydrogens (tertiary/aromatic N) is 1. The van der Waals surface area contributed by atoms with E-state index in [0.717, 1.165) is 13.1 Å². The van der Waals surface area contributed by atoms with Crippen molar-refractivity contribution in [1.82, 2.24) is 15.2 Å². The Morgan fingerprint density at radius 2 is 2.10 bits per heavy atom. The van der Waals surface area contributed by atoms with Crippen molar-refractivity contribution in [3.05, 3.63) is 36.0 Å². The van der Waals surface area contributed by atoms with E-state index >= 15 is 0 Å². The molecule has 0 saturated carbocycles. The molecule has 0 unspecified atom stereocenters. The first-order valence-corrected chi connectivity index (χ1v) is 7.68. The summed E-state index contributed by atoms with van der Waals surface area (Å²) in [7, 11) is 0. The zero-order chi connectivity index (χ0) is 15.2. The normalized spacial score (nSPS) is 11.2. The lowest BCUT2D eigenvalue weighted by Crippen LogP contribution is -2.23. The van der Waals surface area contributed by atoms with Crippen molar-refractivity contribution < 1.29 is 4.79 Å². The van der Waals surface area contributed by atoms with E-state index < -0.39 is 0 Å². The highest BCUT2D eigenvalue weighted by molar-refractivity contribution is 5.81. The third kappa shape index (κ3) is 4.33. The number of fused-ring (bicyclic) bond motifs is 1. The summed E-state index contributed by atoms with van der Waals surface area (Å²) < 4.78 is 2.14. The summed E-state index contributed by atoms with van der Waals surface area (Å²) in [5.41, 5.74) is 2.48. The van der Waals surface area contributed by atoms with Crippen LogP contribution in [0.25, 0.3) is 10.9 Å². The quantitative estimate of drug-likeness (QED) is 0.822. The predicted molar refractivity (Wildman–Crippen MR) is 87.2 cm³/mol. The average Bonchev–Trinajstić information content (AvgIpc) is 2.85. The van der Waals surface area contributed by atoms with Crippen LogP contribution in [0.1, 0.15) is 32.8 Å². The number of carbonyl (C=O) groups excluding carboxylic acids is 1. The minimum Gasteiger partial charge on any atom is -0.356 e. The van der Waals surface area contributed by atoms with Crippen molar-refractivity contribution >= 4 is 16.8 Å². The zero-order valence-electron chi connectivity index (χ0n) is 13.1. The first-order valence-electron chi connectivity index (χ1n) is 7.68. The van der Waals surface area contributed by atoms with E-state index in [9.17, 15) is 4.79 Å². The maximum Gasteiger partial charge on any atom is 0.221 e. The van der Waals surface area contributed by atoms with Crippen molar-refractivity contribution in [3.63, 3.8) is 0 Å². The van der Waals surface area contributed by atoms with Gasteiger partial charge < -0.3 is 15.2 Å². The van der Waals surface area contributed by atoms with E-state index in [1.54, 1.807) is 0 Å². The highest BCUT2D eigenvalue weighted by atomic mass is 16.1.